The first-order valence-electron chi connectivity index (χ1n) is 5.51. The molecule has 16 heavy (non-hydrogen) atoms. The molecule has 0 unspecified atom stereocenters. The average Bonchev–Trinajstić information content (AvgIpc) is 2.20. The molecule has 3 heteroatoms. The number of hydrogen-bond acceptors (Lipinski definition) is 1. The summed E-state index contributed by atoms with van der Waals surface area (Å²) in [7, 11) is 3.48. The van der Waals surface area contributed by atoms with Crippen LogP contribution in [0.5, 0.6) is 0 Å². The Labute approximate surface area is 97.5 Å². The van der Waals surface area contributed by atoms with Gasteiger partial charge in [-0.2, -0.15) is 0 Å². The van der Waals surface area contributed by atoms with E-state index in [1.54, 1.807) is 14.1 Å². The maximum atomic E-state index is 11.7. The second kappa shape index (κ2) is 5.01. The fourth-order valence-electron chi connectivity index (χ4n) is 1.56. The Hall–Kier alpha value is -1.51. The summed E-state index contributed by atoms with van der Waals surface area (Å²) in [6.07, 6.45) is 0. The fourth-order valence-corrected chi connectivity index (χ4v) is 1.56. The smallest absolute Gasteiger partial charge is 0.321 e. The molecule has 1 aromatic carbocycles. The molecule has 0 aliphatic carbocycles. The normalized spacial score (nSPS) is 10.4. The number of nitrogens with one attached hydrogen (secondary N) is 1. The van der Waals surface area contributed by atoms with Gasteiger partial charge in [0.2, 0.25) is 0 Å². The van der Waals surface area contributed by atoms with Gasteiger partial charge in [0.1, 0.15) is 0 Å². The van der Waals surface area contributed by atoms with Crippen LogP contribution in [0.25, 0.3) is 0 Å². The maximum absolute atomic E-state index is 11.7. The molecule has 1 aromatic rings. The van der Waals surface area contributed by atoms with E-state index < -0.39 is 0 Å². The molecule has 1 N–H and O–H groups in total. The van der Waals surface area contributed by atoms with Gasteiger partial charge >= 0.3 is 6.03 Å². The van der Waals surface area contributed by atoms with Gasteiger partial charge in [-0.05, 0) is 24.0 Å². The van der Waals surface area contributed by atoms with E-state index in [1.807, 2.05) is 19.1 Å². The van der Waals surface area contributed by atoms with Crippen LogP contribution in [-0.2, 0) is 0 Å². The predicted octanol–water partition coefficient (Wildman–Crippen LogP) is 3.21. The van der Waals surface area contributed by atoms with Gasteiger partial charge in [-0.3, -0.25) is 0 Å². The van der Waals surface area contributed by atoms with E-state index in [0.29, 0.717) is 5.92 Å². The number of amides is 2. The van der Waals surface area contributed by atoms with Gasteiger partial charge in [-0.15, -0.1) is 0 Å². The van der Waals surface area contributed by atoms with Crippen molar-refractivity contribution in [1.82, 2.24) is 4.90 Å². The Morgan fingerprint density at radius 3 is 2.44 bits per heavy atom. The number of nitrogens with zero attached hydrogens (tertiary/aromatic N) is 1. The Morgan fingerprint density at radius 1 is 1.31 bits per heavy atom. The highest BCUT2D eigenvalue weighted by Crippen LogP contribution is 2.27. The summed E-state index contributed by atoms with van der Waals surface area (Å²) < 4.78 is 0. The molecule has 88 valence electrons. The molecule has 0 atom stereocenters. The lowest BCUT2D eigenvalue weighted by atomic mass is 9.98. The Bertz CT molecular complexity index is 384. The van der Waals surface area contributed by atoms with Gasteiger partial charge in [0, 0.05) is 19.8 Å². The van der Waals surface area contributed by atoms with Crippen LogP contribution < -0.4 is 5.32 Å². The minimum absolute atomic E-state index is 0.0869. The topological polar surface area (TPSA) is 32.3 Å². The molecule has 0 saturated heterocycles. The summed E-state index contributed by atoms with van der Waals surface area (Å²) in [6, 6.07) is 6.01. The lowest BCUT2D eigenvalue weighted by Gasteiger charge is -2.18. The van der Waals surface area contributed by atoms with Crippen molar-refractivity contribution in [2.24, 2.45) is 0 Å². The van der Waals surface area contributed by atoms with Crippen LogP contribution in [0.4, 0.5) is 10.5 Å². The third-order valence-electron chi connectivity index (χ3n) is 2.57. The zero-order chi connectivity index (χ0) is 12.3. The molecule has 3 nitrogen and oxygen atoms in total. The van der Waals surface area contributed by atoms with Gasteiger partial charge in [0.25, 0.3) is 0 Å². The number of benzene rings is 1. The zero-order valence-electron chi connectivity index (χ0n) is 10.7. The highest BCUT2D eigenvalue weighted by Gasteiger charge is 2.12. The highest BCUT2D eigenvalue weighted by molar-refractivity contribution is 5.90. The Morgan fingerprint density at radius 2 is 1.94 bits per heavy atom. The summed E-state index contributed by atoms with van der Waals surface area (Å²) in [5, 5.41) is 2.95. The van der Waals surface area contributed by atoms with Crippen molar-refractivity contribution in [1.29, 1.82) is 0 Å². The molecular formula is C13H20N2O. The maximum Gasteiger partial charge on any atom is 0.321 e. The van der Waals surface area contributed by atoms with Crippen LogP contribution >= 0.6 is 0 Å². The largest absolute Gasteiger partial charge is 0.331 e. The summed E-state index contributed by atoms with van der Waals surface area (Å²) in [5.74, 6) is 0.400. The minimum Gasteiger partial charge on any atom is -0.331 e. The molecular weight excluding hydrogens is 200 g/mol. The highest BCUT2D eigenvalue weighted by atomic mass is 16.2. The lowest BCUT2D eigenvalue weighted by molar-refractivity contribution is 0.230. The molecule has 0 fully saturated rings. The number of urea groups is 1. The first kappa shape index (κ1) is 12.6. The number of rotatable bonds is 2. The summed E-state index contributed by atoms with van der Waals surface area (Å²) in [4.78, 5) is 13.2. The number of carbonyl (C=O) groups excluding carboxylic acids is 1. The van der Waals surface area contributed by atoms with Crippen LogP contribution in [0.3, 0.4) is 0 Å². The van der Waals surface area contributed by atoms with E-state index >= 15 is 0 Å². The average molecular weight is 220 g/mol. The second-order valence-corrected chi connectivity index (χ2v) is 4.52. The third kappa shape index (κ3) is 2.75. The summed E-state index contributed by atoms with van der Waals surface area (Å²) in [6.45, 7) is 6.26. The van der Waals surface area contributed by atoms with E-state index in [9.17, 15) is 4.79 Å². The van der Waals surface area contributed by atoms with Crippen molar-refractivity contribution in [3.05, 3.63) is 29.3 Å². The van der Waals surface area contributed by atoms with Crippen LogP contribution in [-0.4, -0.2) is 25.0 Å². The SMILES string of the molecule is Cc1cccc(C(C)C)c1NC(=O)N(C)C. The van der Waals surface area contributed by atoms with Crippen molar-refractivity contribution in [2.45, 2.75) is 26.7 Å². The van der Waals surface area contributed by atoms with Gasteiger partial charge in [-0.25, -0.2) is 4.79 Å². The first-order chi connectivity index (χ1) is 7.43. The number of anilines is 1. The van der Waals surface area contributed by atoms with Gasteiger partial charge in [-0.1, -0.05) is 32.0 Å². The molecule has 0 saturated carbocycles. The molecule has 0 heterocycles. The quantitative estimate of drug-likeness (QED) is 0.815. The molecule has 0 aliphatic heterocycles. The van der Waals surface area contributed by atoms with Crippen molar-refractivity contribution in [3.8, 4) is 0 Å². The van der Waals surface area contributed by atoms with E-state index in [0.717, 1.165) is 11.3 Å². The molecule has 0 bridgehead atoms. The molecule has 0 radical (unpaired) electrons. The Balaban J connectivity index is 3.06. The number of hydrogen-bond donors (Lipinski definition) is 1. The van der Waals surface area contributed by atoms with Gasteiger partial charge in [0.05, 0.1) is 0 Å². The Kier molecular flexibility index (Phi) is 3.93. The van der Waals surface area contributed by atoms with Crippen LogP contribution in [0.1, 0.15) is 30.9 Å². The van der Waals surface area contributed by atoms with Crippen molar-refractivity contribution in [3.63, 3.8) is 0 Å². The van der Waals surface area contributed by atoms with Gasteiger partial charge in [0.15, 0.2) is 0 Å². The van der Waals surface area contributed by atoms with E-state index in [1.165, 1.54) is 10.5 Å². The van der Waals surface area contributed by atoms with Crippen molar-refractivity contribution < 1.29 is 4.79 Å². The molecule has 0 aromatic heterocycles. The molecule has 0 spiro atoms. The monoisotopic (exact) mass is 220 g/mol. The van der Waals surface area contributed by atoms with E-state index in [-0.39, 0.29) is 6.03 Å². The lowest BCUT2D eigenvalue weighted by Crippen LogP contribution is -2.28. The first-order valence-corrected chi connectivity index (χ1v) is 5.51. The van der Waals surface area contributed by atoms with Crippen molar-refractivity contribution in [2.75, 3.05) is 19.4 Å². The standard InChI is InChI=1S/C13H20N2O/c1-9(2)11-8-6-7-10(3)12(11)14-13(16)15(4)5/h6-9H,1-5H3,(H,14,16). The van der Waals surface area contributed by atoms with Gasteiger partial charge < -0.3 is 10.2 Å². The molecule has 1 rings (SSSR count). The van der Waals surface area contributed by atoms with E-state index in [4.69, 9.17) is 0 Å². The summed E-state index contributed by atoms with van der Waals surface area (Å²) in [5.41, 5.74) is 3.22. The summed E-state index contributed by atoms with van der Waals surface area (Å²) >= 11 is 0. The van der Waals surface area contributed by atoms with Crippen LogP contribution in [0.15, 0.2) is 18.2 Å². The number of aryl methyl sites for hydroxylation is 1. The molecule has 0 aliphatic rings. The predicted molar refractivity (Wildman–Crippen MR) is 68.0 cm³/mol. The molecule has 2 amide bonds. The van der Waals surface area contributed by atoms with Crippen LogP contribution in [0, 0.1) is 6.92 Å². The number of para-hydroxylation sites is 1. The second-order valence-electron chi connectivity index (χ2n) is 4.52. The zero-order valence-corrected chi connectivity index (χ0v) is 10.7. The third-order valence-corrected chi connectivity index (χ3v) is 2.57. The fraction of sp³-hybridized carbons (Fsp3) is 0.462. The van der Waals surface area contributed by atoms with E-state index in [2.05, 4.69) is 25.2 Å². The van der Waals surface area contributed by atoms with Crippen molar-refractivity contribution >= 4 is 11.7 Å². The minimum atomic E-state index is -0.0869. The number of carbonyl (C=O) groups is 1. The van der Waals surface area contributed by atoms with Crippen LogP contribution in [0.2, 0.25) is 0 Å².